The van der Waals surface area contributed by atoms with Gasteiger partial charge >= 0.3 is 0 Å². The Kier molecular flexibility index (Phi) is 4.50. The maximum Gasteiger partial charge on any atom is 0.270 e. The van der Waals surface area contributed by atoms with Crippen molar-refractivity contribution in [2.24, 2.45) is 5.92 Å². The molecule has 0 bridgehead atoms. The minimum absolute atomic E-state index is 0.0843. The summed E-state index contributed by atoms with van der Waals surface area (Å²) in [5, 5.41) is 25.6. The van der Waals surface area contributed by atoms with Crippen LogP contribution in [-0.2, 0) is 4.79 Å². The Morgan fingerprint density at radius 1 is 1.57 bits per heavy atom. The van der Waals surface area contributed by atoms with Gasteiger partial charge in [-0.1, -0.05) is 6.92 Å². The quantitative estimate of drug-likeness (QED) is 0.651. The Bertz CT molecular complexity index is 609. The number of nitrogens with zero attached hydrogens (tertiary/aromatic N) is 2. The summed E-state index contributed by atoms with van der Waals surface area (Å²) in [6.45, 7) is 2.78. The molecule has 1 amide bonds. The van der Waals surface area contributed by atoms with Gasteiger partial charge in [0.05, 0.1) is 22.2 Å². The van der Waals surface area contributed by atoms with Gasteiger partial charge in [0.2, 0.25) is 5.91 Å². The monoisotopic (exact) mass is 288 g/mol. The highest BCUT2D eigenvalue weighted by atomic mass is 16.6. The normalized spacial score (nSPS) is 21.3. The third-order valence-electron chi connectivity index (χ3n) is 3.64. The number of rotatable bonds is 3. The second-order valence-corrected chi connectivity index (χ2v) is 5.14. The van der Waals surface area contributed by atoms with Gasteiger partial charge in [0.15, 0.2) is 0 Å². The highest BCUT2D eigenvalue weighted by Crippen LogP contribution is 2.23. The van der Waals surface area contributed by atoms with E-state index in [-0.39, 0.29) is 29.1 Å². The standard InChI is InChI=1S/C14H16N4O3/c1-9-3-2-6-16-13(9)14(19)17-12-5-4-11(18(20)21)7-10(12)8-15/h4-5,7,9,13,16H,2-3,6H2,1H3,(H,17,19). The Balaban J connectivity index is 2.17. The summed E-state index contributed by atoms with van der Waals surface area (Å²) in [6.07, 6.45) is 2.00. The number of hydrogen-bond acceptors (Lipinski definition) is 5. The van der Waals surface area contributed by atoms with Gasteiger partial charge in [-0.05, 0) is 31.4 Å². The number of anilines is 1. The molecule has 0 saturated carbocycles. The summed E-state index contributed by atoms with van der Waals surface area (Å²) >= 11 is 0. The van der Waals surface area contributed by atoms with Crippen molar-refractivity contribution < 1.29 is 9.72 Å². The van der Waals surface area contributed by atoms with Crippen LogP contribution in [0.5, 0.6) is 0 Å². The second kappa shape index (κ2) is 6.33. The van der Waals surface area contributed by atoms with E-state index in [2.05, 4.69) is 10.6 Å². The maximum absolute atomic E-state index is 12.2. The van der Waals surface area contributed by atoms with Crippen molar-refractivity contribution in [1.29, 1.82) is 5.26 Å². The molecule has 1 fully saturated rings. The molecule has 1 saturated heterocycles. The number of hydrogen-bond donors (Lipinski definition) is 2. The van der Waals surface area contributed by atoms with Crippen LogP contribution in [0.1, 0.15) is 25.3 Å². The minimum atomic E-state index is -0.572. The summed E-state index contributed by atoms with van der Waals surface area (Å²) in [5.74, 6) is -0.00473. The van der Waals surface area contributed by atoms with Gasteiger partial charge < -0.3 is 10.6 Å². The van der Waals surface area contributed by atoms with Crippen LogP contribution >= 0.6 is 0 Å². The van der Waals surface area contributed by atoms with Crippen LogP contribution in [0.4, 0.5) is 11.4 Å². The largest absolute Gasteiger partial charge is 0.324 e. The molecule has 0 radical (unpaired) electrons. The number of nitrogens with one attached hydrogen (secondary N) is 2. The molecule has 1 aliphatic heterocycles. The SMILES string of the molecule is CC1CCCNC1C(=O)Nc1ccc([N+](=O)[O-])cc1C#N. The molecule has 1 aromatic carbocycles. The number of non-ortho nitro benzene ring substituents is 1. The van der Waals surface area contributed by atoms with Crippen LogP contribution in [0, 0.1) is 27.4 Å². The van der Waals surface area contributed by atoms with Crippen molar-refractivity contribution in [2.75, 3.05) is 11.9 Å². The molecule has 1 aliphatic rings. The van der Waals surface area contributed by atoms with Crippen LogP contribution < -0.4 is 10.6 Å². The molecule has 7 heteroatoms. The lowest BCUT2D eigenvalue weighted by molar-refractivity contribution is -0.384. The van der Waals surface area contributed by atoms with Gasteiger partial charge in [-0.3, -0.25) is 14.9 Å². The van der Waals surface area contributed by atoms with E-state index in [0.29, 0.717) is 5.69 Å². The summed E-state index contributed by atoms with van der Waals surface area (Å²) in [7, 11) is 0. The Morgan fingerprint density at radius 3 is 2.95 bits per heavy atom. The van der Waals surface area contributed by atoms with Crippen LogP contribution in [0.2, 0.25) is 0 Å². The number of amides is 1. The number of carbonyl (C=O) groups is 1. The van der Waals surface area contributed by atoms with Crippen molar-refractivity contribution in [3.8, 4) is 6.07 Å². The van der Waals surface area contributed by atoms with Crippen molar-refractivity contribution in [1.82, 2.24) is 5.32 Å². The molecule has 2 atom stereocenters. The second-order valence-electron chi connectivity index (χ2n) is 5.14. The van der Waals surface area contributed by atoms with E-state index in [4.69, 9.17) is 5.26 Å². The minimum Gasteiger partial charge on any atom is -0.324 e. The van der Waals surface area contributed by atoms with Crippen LogP contribution in [-0.4, -0.2) is 23.4 Å². The third-order valence-corrected chi connectivity index (χ3v) is 3.64. The zero-order chi connectivity index (χ0) is 15.4. The fraction of sp³-hybridized carbons (Fsp3) is 0.429. The van der Waals surface area contributed by atoms with Gasteiger partial charge in [-0.25, -0.2) is 0 Å². The maximum atomic E-state index is 12.2. The van der Waals surface area contributed by atoms with Gasteiger partial charge in [0.1, 0.15) is 6.07 Å². The van der Waals surface area contributed by atoms with Gasteiger partial charge in [0, 0.05) is 12.1 Å². The van der Waals surface area contributed by atoms with Crippen molar-refractivity contribution in [3.63, 3.8) is 0 Å². The first-order chi connectivity index (χ1) is 10.0. The van der Waals surface area contributed by atoms with E-state index in [0.717, 1.165) is 25.5 Å². The molecule has 2 N–H and O–H groups in total. The first-order valence-corrected chi connectivity index (χ1v) is 6.75. The molecule has 2 rings (SSSR count). The summed E-state index contributed by atoms with van der Waals surface area (Å²) < 4.78 is 0. The molecule has 110 valence electrons. The number of nitriles is 1. The Labute approximate surface area is 122 Å². The number of nitro groups is 1. The molecule has 0 aromatic heterocycles. The number of nitro benzene ring substituents is 1. The fourth-order valence-corrected chi connectivity index (χ4v) is 2.46. The topological polar surface area (TPSA) is 108 Å². The third kappa shape index (κ3) is 3.35. The predicted molar refractivity (Wildman–Crippen MR) is 76.6 cm³/mol. The van der Waals surface area contributed by atoms with Crippen molar-refractivity contribution >= 4 is 17.3 Å². The lowest BCUT2D eigenvalue weighted by Gasteiger charge is -2.29. The smallest absolute Gasteiger partial charge is 0.270 e. The van der Waals surface area contributed by atoms with Gasteiger partial charge in [0.25, 0.3) is 5.69 Å². The average molecular weight is 288 g/mol. The molecule has 1 aromatic rings. The average Bonchev–Trinajstić information content (AvgIpc) is 2.47. The van der Waals surface area contributed by atoms with Crippen molar-refractivity contribution in [3.05, 3.63) is 33.9 Å². The first kappa shape index (κ1) is 14.9. The molecular formula is C14H16N4O3. The molecule has 0 aliphatic carbocycles. The first-order valence-electron chi connectivity index (χ1n) is 6.75. The highest BCUT2D eigenvalue weighted by molar-refractivity contribution is 5.96. The zero-order valence-electron chi connectivity index (χ0n) is 11.6. The number of carbonyl (C=O) groups excluding carboxylic acids is 1. The van der Waals surface area contributed by atoms with E-state index in [9.17, 15) is 14.9 Å². The van der Waals surface area contributed by atoms with E-state index >= 15 is 0 Å². The van der Waals surface area contributed by atoms with Crippen molar-refractivity contribution in [2.45, 2.75) is 25.8 Å². The lowest BCUT2D eigenvalue weighted by Crippen LogP contribution is -2.48. The van der Waals surface area contributed by atoms with E-state index in [1.165, 1.54) is 12.1 Å². The molecule has 7 nitrogen and oxygen atoms in total. The Morgan fingerprint density at radius 2 is 2.33 bits per heavy atom. The van der Waals surface area contributed by atoms with E-state index in [1.807, 2.05) is 13.0 Å². The molecule has 1 heterocycles. The fourth-order valence-electron chi connectivity index (χ4n) is 2.46. The van der Waals surface area contributed by atoms with Crippen LogP contribution in [0.3, 0.4) is 0 Å². The summed E-state index contributed by atoms with van der Waals surface area (Å²) in [5.41, 5.74) is 0.211. The van der Waals surface area contributed by atoms with E-state index in [1.54, 1.807) is 0 Å². The summed E-state index contributed by atoms with van der Waals surface area (Å²) in [4.78, 5) is 22.4. The Hall–Kier alpha value is -2.46. The van der Waals surface area contributed by atoms with Gasteiger partial charge in [-0.2, -0.15) is 5.26 Å². The van der Waals surface area contributed by atoms with Crippen LogP contribution in [0.15, 0.2) is 18.2 Å². The number of piperidine rings is 1. The van der Waals surface area contributed by atoms with Gasteiger partial charge in [-0.15, -0.1) is 0 Å². The zero-order valence-corrected chi connectivity index (χ0v) is 11.6. The number of benzene rings is 1. The predicted octanol–water partition coefficient (Wildman–Crippen LogP) is 1.79. The van der Waals surface area contributed by atoms with Crippen LogP contribution in [0.25, 0.3) is 0 Å². The molecule has 21 heavy (non-hydrogen) atoms. The van der Waals surface area contributed by atoms with E-state index < -0.39 is 4.92 Å². The highest BCUT2D eigenvalue weighted by Gasteiger charge is 2.27. The summed E-state index contributed by atoms with van der Waals surface area (Å²) in [6, 6.07) is 5.39. The molecule has 2 unspecified atom stereocenters. The lowest BCUT2D eigenvalue weighted by atomic mass is 9.92. The molecular weight excluding hydrogens is 272 g/mol. The molecule has 0 spiro atoms.